The first-order valence-electron chi connectivity index (χ1n) is 6.17. The molecular formula is C14H13BrN2O4S. The molecule has 22 heavy (non-hydrogen) atoms. The predicted octanol–water partition coefficient (Wildman–Crippen LogP) is 2.86. The summed E-state index contributed by atoms with van der Waals surface area (Å²) in [7, 11) is -2.47. The minimum Gasteiger partial charge on any atom is -0.479 e. The van der Waals surface area contributed by atoms with Crippen LogP contribution in [0.15, 0.2) is 45.9 Å². The fraction of sp³-hybridized carbons (Fsp3) is 0.143. The van der Waals surface area contributed by atoms with Gasteiger partial charge in [0.1, 0.15) is 5.69 Å². The number of sulfonamides is 1. The van der Waals surface area contributed by atoms with Crippen LogP contribution >= 0.6 is 15.9 Å². The van der Waals surface area contributed by atoms with Crippen LogP contribution in [0.2, 0.25) is 0 Å². The third kappa shape index (κ3) is 3.63. The fourth-order valence-electron chi connectivity index (χ4n) is 1.75. The van der Waals surface area contributed by atoms with Gasteiger partial charge in [0.15, 0.2) is 5.78 Å². The number of aromatic nitrogens is 1. The number of carbonyl (C=O) groups is 1. The molecule has 0 bridgehead atoms. The van der Waals surface area contributed by atoms with E-state index in [4.69, 9.17) is 4.74 Å². The van der Waals surface area contributed by atoms with Crippen LogP contribution in [-0.4, -0.2) is 26.3 Å². The molecule has 0 saturated carbocycles. The molecule has 1 aromatic heterocycles. The molecule has 2 aromatic rings. The maximum Gasteiger partial charge on any atom is 0.262 e. The van der Waals surface area contributed by atoms with E-state index in [1.54, 1.807) is 6.07 Å². The molecule has 0 aliphatic carbocycles. The highest BCUT2D eigenvalue weighted by atomic mass is 79.9. The first-order chi connectivity index (χ1) is 10.3. The summed E-state index contributed by atoms with van der Waals surface area (Å²) < 4.78 is 32.9. The van der Waals surface area contributed by atoms with E-state index < -0.39 is 10.0 Å². The van der Waals surface area contributed by atoms with Gasteiger partial charge in [-0.3, -0.25) is 9.52 Å². The Balaban J connectivity index is 2.42. The number of hydrogen-bond donors (Lipinski definition) is 1. The second-order valence-electron chi connectivity index (χ2n) is 4.40. The average Bonchev–Trinajstić information content (AvgIpc) is 2.47. The van der Waals surface area contributed by atoms with E-state index in [0.29, 0.717) is 10.0 Å². The molecule has 1 heterocycles. The number of ether oxygens (including phenoxy) is 1. The number of nitrogens with zero attached hydrogens (tertiary/aromatic N) is 1. The fourth-order valence-corrected chi connectivity index (χ4v) is 3.17. The summed E-state index contributed by atoms with van der Waals surface area (Å²) in [5.41, 5.74) is 0.521. The van der Waals surface area contributed by atoms with Crippen LogP contribution in [0, 0.1) is 0 Å². The Morgan fingerprint density at radius 2 is 2.05 bits per heavy atom. The van der Waals surface area contributed by atoms with Gasteiger partial charge in [0.05, 0.1) is 12.0 Å². The Kier molecular flexibility index (Phi) is 4.82. The van der Waals surface area contributed by atoms with E-state index in [1.807, 2.05) is 0 Å². The first kappa shape index (κ1) is 16.4. The van der Waals surface area contributed by atoms with E-state index in [1.165, 1.54) is 44.5 Å². The van der Waals surface area contributed by atoms with Gasteiger partial charge in [0, 0.05) is 16.2 Å². The number of methoxy groups -OCH3 is 1. The summed E-state index contributed by atoms with van der Waals surface area (Å²) >= 11 is 3.22. The van der Waals surface area contributed by atoms with Gasteiger partial charge in [-0.25, -0.2) is 13.4 Å². The zero-order valence-corrected chi connectivity index (χ0v) is 14.2. The Bertz CT molecular complexity index is 821. The molecule has 2 rings (SSSR count). The predicted molar refractivity (Wildman–Crippen MR) is 85.7 cm³/mol. The molecule has 0 fully saturated rings. The van der Waals surface area contributed by atoms with Crippen LogP contribution in [0.3, 0.4) is 0 Å². The molecule has 1 aromatic carbocycles. The molecule has 0 spiro atoms. The van der Waals surface area contributed by atoms with Crippen molar-refractivity contribution in [2.45, 2.75) is 11.8 Å². The van der Waals surface area contributed by atoms with E-state index >= 15 is 0 Å². The van der Waals surface area contributed by atoms with Gasteiger partial charge in [0.25, 0.3) is 10.0 Å². The lowest BCUT2D eigenvalue weighted by atomic mass is 10.2. The SMILES string of the molecule is COc1ncc(Br)cc1NS(=O)(=O)c1cccc(C(C)=O)c1. The summed E-state index contributed by atoms with van der Waals surface area (Å²) in [4.78, 5) is 15.3. The highest BCUT2D eigenvalue weighted by Gasteiger charge is 2.18. The molecular weight excluding hydrogens is 372 g/mol. The van der Waals surface area contributed by atoms with Gasteiger partial charge in [-0.1, -0.05) is 12.1 Å². The molecule has 6 nitrogen and oxygen atoms in total. The van der Waals surface area contributed by atoms with E-state index in [9.17, 15) is 13.2 Å². The smallest absolute Gasteiger partial charge is 0.262 e. The Morgan fingerprint density at radius 3 is 2.68 bits per heavy atom. The van der Waals surface area contributed by atoms with Gasteiger partial charge in [-0.05, 0) is 41.1 Å². The van der Waals surface area contributed by atoms with Crippen LogP contribution in [0.5, 0.6) is 5.88 Å². The van der Waals surface area contributed by atoms with Gasteiger partial charge in [-0.15, -0.1) is 0 Å². The number of ketones is 1. The molecule has 0 saturated heterocycles. The van der Waals surface area contributed by atoms with Crippen LogP contribution < -0.4 is 9.46 Å². The second kappa shape index (κ2) is 6.45. The highest BCUT2D eigenvalue weighted by molar-refractivity contribution is 9.10. The van der Waals surface area contributed by atoms with Gasteiger partial charge < -0.3 is 4.74 Å². The molecule has 0 amide bonds. The van der Waals surface area contributed by atoms with Gasteiger partial charge in [-0.2, -0.15) is 0 Å². The van der Waals surface area contributed by atoms with Crippen LogP contribution in [-0.2, 0) is 10.0 Å². The third-order valence-electron chi connectivity index (χ3n) is 2.81. The Hall–Kier alpha value is -1.93. The van der Waals surface area contributed by atoms with Crippen molar-refractivity contribution in [3.05, 3.63) is 46.6 Å². The van der Waals surface area contributed by atoms with E-state index in [2.05, 4.69) is 25.6 Å². The number of hydrogen-bond acceptors (Lipinski definition) is 5. The Labute approximate surface area is 136 Å². The number of benzene rings is 1. The number of halogens is 1. The molecule has 8 heteroatoms. The van der Waals surface area contributed by atoms with Crippen molar-refractivity contribution in [2.75, 3.05) is 11.8 Å². The number of Topliss-reactive ketones (excluding diaryl/α,β-unsaturated/α-hetero) is 1. The van der Waals surface area contributed by atoms with Crippen molar-refractivity contribution < 1.29 is 17.9 Å². The van der Waals surface area contributed by atoms with Crippen LogP contribution in [0.25, 0.3) is 0 Å². The van der Waals surface area contributed by atoms with Crippen LogP contribution in [0.4, 0.5) is 5.69 Å². The summed E-state index contributed by atoms with van der Waals surface area (Å²) in [6.07, 6.45) is 1.49. The number of rotatable bonds is 5. The largest absolute Gasteiger partial charge is 0.479 e. The number of carbonyl (C=O) groups excluding carboxylic acids is 1. The molecule has 0 unspecified atom stereocenters. The maximum atomic E-state index is 12.4. The first-order valence-corrected chi connectivity index (χ1v) is 8.44. The lowest BCUT2D eigenvalue weighted by molar-refractivity contribution is 0.101. The molecule has 0 radical (unpaired) electrons. The van der Waals surface area contributed by atoms with Crippen molar-refractivity contribution in [3.8, 4) is 5.88 Å². The van der Waals surface area contributed by atoms with Crippen molar-refractivity contribution in [3.63, 3.8) is 0 Å². The summed E-state index contributed by atoms with van der Waals surface area (Å²) in [5.74, 6) is -0.0618. The quantitative estimate of drug-likeness (QED) is 0.800. The molecule has 0 atom stereocenters. The monoisotopic (exact) mass is 384 g/mol. The van der Waals surface area contributed by atoms with E-state index in [0.717, 1.165) is 0 Å². The lowest BCUT2D eigenvalue weighted by Crippen LogP contribution is -2.14. The molecule has 1 N–H and O–H groups in total. The normalized spacial score (nSPS) is 11.0. The number of pyridine rings is 1. The minimum atomic E-state index is -3.86. The summed E-state index contributed by atoms with van der Waals surface area (Å²) in [6.45, 7) is 1.38. The van der Waals surface area contributed by atoms with Gasteiger partial charge in [0.2, 0.25) is 5.88 Å². The van der Waals surface area contributed by atoms with Crippen molar-refractivity contribution in [2.24, 2.45) is 0 Å². The highest BCUT2D eigenvalue weighted by Crippen LogP contribution is 2.27. The minimum absolute atomic E-state index is 0.0118. The topological polar surface area (TPSA) is 85.4 Å². The summed E-state index contributed by atoms with van der Waals surface area (Å²) in [5, 5.41) is 0. The Morgan fingerprint density at radius 1 is 1.32 bits per heavy atom. The number of nitrogens with one attached hydrogen (secondary N) is 1. The standard InChI is InChI=1S/C14H13BrN2O4S/c1-9(18)10-4-3-5-12(6-10)22(19,20)17-13-7-11(15)8-16-14(13)21-2/h3-8,17H,1-2H3. The van der Waals surface area contributed by atoms with Crippen LogP contribution in [0.1, 0.15) is 17.3 Å². The maximum absolute atomic E-state index is 12.4. The van der Waals surface area contributed by atoms with Crippen molar-refractivity contribution in [1.29, 1.82) is 0 Å². The molecule has 0 aliphatic heterocycles. The second-order valence-corrected chi connectivity index (χ2v) is 7.00. The van der Waals surface area contributed by atoms with Gasteiger partial charge >= 0.3 is 0 Å². The van der Waals surface area contributed by atoms with E-state index in [-0.39, 0.29) is 22.2 Å². The van der Waals surface area contributed by atoms with Crippen molar-refractivity contribution in [1.82, 2.24) is 4.98 Å². The number of anilines is 1. The zero-order valence-electron chi connectivity index (χ0n) is 11.8. The molecule has 0 aliphatic rings. The zero-order chi connectivity index (χ0) is 16.3. The lowest BCUT2D eigenvalue weighted by Gasteiger charge is -2.11. The molecule has 116 valence electrons. The third-order valence-corrected chi connectivity index (χ3v) is 4.60. The average molecular weight is 385 g/mol. The summed E-state index contributed by atoms with van der Waals surface area (Å²) in [6, 6.07) is 7.34. The van der Waals surface area contributed by atoms with Crippen molar-refractivity contribution >= 4 is 37.4 Å².